The first kappa shape index (κ1) is 24.2. The van der Waals surface area contributed by atoms with Gasteiger partial charge in [0.25, 0.3) is 5.89 Å². The van der Waals surface area contributed by atoms with Gasteiger partial charge in [0.1, 0.15) is 18.0 Å². The lowest BCUT2D eigenvalue weighted by molar-refractivity contribution is -0.0500. The second-order valence-corrected chi connectivity index (χ2v) is 13.8. The van der Waals surface area contributed by atoms with E-state index in [1.165, 1.54) is 12.3 Å². The number of halogens is 2. The quantitative estimate of drug-likeness (QED) is 0.220. The highest BCUT2D eigenvalue weighted by Crippen LogP contribution is 2.34. The summed E-state index contributed by atoms with van der Waals surface area (Å²) < 4.78 is 43.8. The topological polar surface area (TPSA) is 75.2 Å². The van der Waals surface area contributed by atoms with Crippen molar-refractivity contribution < 1.29 is 22.7 Å². The van der Waals surface area contributed by atoms with Crippen LogP contribution >= 0.6 is 10.0 Å². The molecule has 0 saturated carbocycles. The van der Waals surface area contributed by atoms with Gasteiger partial charge in [0, 0.05) is 17.5 Å². The monoisotopic (exact) mass is 512 g/mol. The van der Waals surface area contributed by atoms with Gasteiger partial charge < -0.3 is 13.9 Å². The van der Waals surface area contributed by atoms with Crippen LogP contribution in [0.25, 0.3) is 45.0 Å². The van der Waals surface area contributed by atoms with E-state index in [0.29, 0.717) is 41.7 Å². The molecule has 3 heterocycles. The fraction of sp³-hybridized carbons (Fsp3) is 0.269. The molecule has 0 bridgehead atoms. The maximum absolute atomic E-state index is 12.6. The van der Waals surface area contributed by atoms with Crippen LogP contribution in [0.3, 0.4) is 0 Å². The molecule has 10 heteroatoms. The van der Waals surface area contributed by atoms with Gasteiger partial charge in [0.05, 0.1) is 23.8 Å². The summed E-state index contributed by atoms with van der Waals surface area (Å²) in [7, 11) is -0.653. The fourth-order valence-corrected chi connectivity index (χ4v) is 4.40. The van der Waals surface area contributed by atoms with Crippen LogP contribution in [0.2, 0.25) is 0 Å². The number of rotatable bonds is 9. The third-order valence-corrected chi connectivity index (χ3v) is 6.96. The van der Waals surface area contributed by atoms with Crippen molar-refractivity contribution in [1.29, 1.82) is 0 Å². The highest BCUT2D eigenvalue weighted by molar-refractivity contribution is 8.32. The zero-order valence-electron chi connectivity index (χ0n) is 20.1. The van der Waals surface area contributed by atoms with E-state index < -0.39 is 16.6 Å². The molecule has 0 aliphatic carbocycles. The molecule has 3 aromatic heterocycles. The summed E-state index contributed by atoms with van der Waals surface area (Å²) in [5.74, 6) is 1.95. The van der Waals surface area contributed by atoms with Crippen LogP contribution in [-0.2, 0) is 11.5 Å². The predicted octanol–water partition coefficient (Wildman–Crippen LogP) is 6.18. The lowest BCUT2D eigenvalue weighted by Crippen LogP contribution is -2.10. The van der Waals surface area contributed by atoms with Gasteiger partial charge in [-0.3, -0.25) is 9.55 Å². The van der Waals surface area contributed by atoms with Crippen LogP contribution in [0.5, 0.6) is 5.75 Å². The number of nitrogens with zero attached hydrogens (tertiary/aromatic N) is 4. The number of fused-ring (bicyclic) bond motifs is 2. The summed E-state index contributed by atoms with van der Waals surface area (Å²) in [6.45, 7) is -1.93. The number of hydrogen-bond acceptors (Lipinski definition) is 6. The Labute approximate surface area is 208 Å². The first-order chi connectivity index (χ1) is 17.3. The molecular weight excluding hydrogens is 486 g/mol. The number of para-hydroxylation sites is 2. The van der Waals surface area contributed by atoms with Gasteiger partial charge in [-0.2, -0.15) is 8.78 Å². The molecule has 0 aliphatic rings. The van der Waals surface area contributed by atoms with Crippen LogP contribution < -0.4 is 4.74 Å². The number of alkyl halides is 2. The van der Waals surface area contributed by atoms with Crippen molar-refractivity contribution in [3.8, 4) is 28.6 Å². The average molecular weight is 513 g/mol. The van der Waals surface area contributed by atoms with Crippen LogP contribution in [0.4, 0.5) is 8.78 Å². The highest BCUT2D eigenvalue weighted by atomic mass is 32.3. The molecule has 5 aromatic rings. The van der Waals surface area contributed by atoms with Gasteiger partial charge in [-0.1, -0.05) is 18.2 Å². The molecule has 0 saturated heterocycles. The Morgan fingerprint density at radius 2 is 1.81 bits per heavy atom. The zero-order valence-corrected chi connectivity index (χ0v) is 21.0. The van der Waals surface area contributed by atoms with Crippen molar-refractivity contribution in [2.75, 3.05) is 31.1 Å². The summed E-state index contributed by atoms with van der Waals surface area (Å²) >= 11 is 0. The van der Waals surface area contributed by atoms with Crippen molar-refractivity contribution in [1.82, 2.24) is 19.5 Å². The molecule has 188 valence electrons. The van der Waals surface area contributed by atoms with Crippen LogP contribution in [0, 0.1) is 0 Å². The largest absolute Gasteiger partial charge is 0.434 e. The fourth-order valence-electron chi connectivity index (χ4n) is 3.78. The van der Waals surface area contributed by atoms with E-state index in [-0.39, 0.29) is 5.75 Å². The highest BCUT2D eigenvalue weighted by Gasteiger charge is 2.19. The number of oxazole rings is 1. The Kier molecular flexibility index (Phi) is 6.63. The molecule has 0 atom stereocenters. The van der Waals surface area contributed by atoms with Gasteiger partial charge in [0.15, 0.2) is 11.4 Å². The second-order valence-electron chi connectivity index (χ2n) is 9.17. The van der Waals surface area contributed by atoms with Gasteiger partial charge in [-0.15, -0.1) is 0 Å². The summed E-state index contributed by atoms with van der Waals surface area (Å²) in [6, 6.07) is 14.8. The molecule has 0 N–H and O–H groups in total. The van der Waals surface area contributed by atoms with Crippen molar-refractivity contribution >= 4 is 32.2 Å². The van der Waals surface area contributed by atoms with E-state index in [4.69, 9.17) is 14.1 Å². The third-order valence-electron chi connectivity index (χ3n) is 5.57. The van der Waals surface area contributed by atoms with Crippen molar-refractivity contribution in [3.05, 3.63) is 60.9 Å². The Bertz CT molecular complexity index is 1510. The number of aromatic nitrogens is 4. The van der Waals surface area contributed by atoms with Crippen molar-refractivity contribution in [2.24, 2.45) is 0 Å². The Morgan fingerprint density at radius 1 is 0.972 bits per heavy atom. The first-order valence-corrected chi connectivity index (χ1v) is 14.3. The van der Waals surface area contributed by atoms with Crippen LogP contribution in [-0.4, -0.2) is 57.3 Å². The normalized spacial score (nSPS) is 12.6. The summed E-state index contributed by atoms with van der Waals surface area (Å²) in [5.41, 5.74) is 4.30. The molecule has 0 amide bonds. The minimum absolute atomic E-state index is 0.0115. The van der Waals surface area contributed by atoms with Crippen molar-refractivity contribution in [2.45, 2.75) is 13.3 Å². The Balaban J connectivity index is 1.47. The first-order valence-electron chi connectivity index (χ1n) is 11.3. The molecule has 5 rings (SSSR count). The average Bonchev–Trinajstić information content (AvgIpc) is 3.42. The Hall–Kier alpha value is -3.50. The molecule has 0 aliphatic heterocycles. The van der Waals surface area contributed by atoms with Crippen LogP contribution in [0.1, 0.15) is 0 Å². The molecule has 7 nitrogen and oxygen atoms in total. The summed E-state index contributed by atoms with van der Waals surface area (Å²) in [5, 5.41) is 0. The van der Waals surface area contributed by atoms with E-state index in [1.54, 1.807) is 12.3 Å². The number of benzene rings is 2. The van der Waals surface area contributed by atoms with E-state index in [0.717, 1.165) is 22.3 Å². The number of hydrogen-bond donors (Lipinski definition) is 0. The molecule has 2 aromatic carbocycles. The SMILES string of the molecule is CS(C)(C)CCOCn1c(-c2nc3ccc(-c4cncc(OC(F)F)c4)cc3o2)nc2ccccc21. The number of imidazole rings is 1. The summed E-state index contributed by atoms with van der Waals surface area (Å²) in [6.07, 6.45) is 9.61. The summed E-state index contributed by atoms with van der Waals surface area (Å²) in [4.78, 5) is 13.4. The molecule has 0 unspecified atom stereocenters. The molecule has 0 radical (unpaired) electrons. The Morgan fingerprint density at radius 3 is 2.61 bits per heavy atom. The second kappa shape index (κ2) is 9.87. The number of pyridine rings is 1. The molecule has 0 fully saturated rings. The third kappa shape index (κ3) is 5.34. The van der Waals surface area contributed by atoms with Crippen molar-refractivity contribution in [3.63, 3.8) is 0 Å². The molecular formula is C26H26F2N4O3S. The molecule has 36 heavy (non-hydrogen) atoms. The van der Waals surface area contributed by atoms with Gasteiger partial charge >= 0.3 is 6.61 Å². The lowest BCUT2D eigenvalue weighted by Gasteiger charge is -2.24. The predicted molar refractivity (Wildman–Crippen MR) is 139 cm³/mol. The smallest absolute Gasteiger partial charge is 0.387 e. The van der Waals surface area contributed by atoms with Crippen LogP contribution in [0.15, 0.2) is 65.3 Å². The van der Waals surface area contributed by atoms with E-state index in [2.05, 4.69) is 33.5 Å². The zero-order chi connectivity index (χ0) is 25.3. The van der Waals surface area contributed by atoms with E-state index in [1.807, 2.05) is 41.0 Å². The van der Waals surface area contributed by atoms with Gasteiger partial charge in [-0.25, -0.2) is 20.0 Å². The molecule has 0 spiro atoms. The standard InChI is InChI=1S/C26H26F2N4O3S/c1-36(2,3)11-10-33-16-32-22-7-5-4-6-20(22)30-24(32)25-31-21-9-8-17(13-23(21)35-25)18-12-19(15-29-14-18)34-26(27)28/h4-9,12-15,26H,10-11,16H2,1-3H3. The van der Waals surface area contributed by atoms with Gasteiger partial charge in [0.2, 0.25) is 0 Å². The van der Waals surface area contributed by atoms with E-state index in [9.17, 15) is 8.78 Å². The number of ether oxygens (including phenoxy) is 2. The van der Waals surface area contributed by atoms with Gasteiger partial charge in [-0.05, 0) is 54.7 Å². The maximum Gasteiger partial charge on any atom is 0.387 e. The van der Waals surface area contributed by atoms with E-state index >= 15 is 0 Å². The minimum atomic E-state index is -2.92. The maximum atomic E-state index is 12.6. The lowest BCUT2D eigenvalue weighted by atomic mass is 10.1. The minimum Gasteiger partial charge on any atom is -0.434 e.